The van der Waals surface area contributed by atoms with Crippen LogP contribution in [0.25, 0.3) is 0 Å². The molecule has 70 valence electrons. The zero-order chi connectivity index (χ0) is 9.68. The van der Waals surface area contributed by atoms with Crippen molar-refractivity contribution in [3.05, 3.63) is 36.7 Å². The van der Waals surface area contributed by atoms with E-state index in [1.165, 1.54) is 12.1 Å². The van der Waals surface area contributed by atoms with Crippen molar-refractivity contribution in [2.45, 2.75) is 6.42 Å². The van der Waals surface area contributed by atoms with Crippen molar-refractivity contribution >= 4 is 11.4 Å². The summed E-state index contributed by atoms with van der Waals surface area (Å²) < 4.78 is 12.6. The highest BCUT2D eigenvalue weighted by molar-refractivity contribution is 5.65. The predicted octanol–water partition coefficient (Wildman–Crippen LogP) is 2.40. The molecule has 0 spiro atoms. The zero-order valence-corrected chi connectivity index (χ0v) is 7.39. The van der Waals surface area contributed by atoms with Crippen LogP contribution in [0.1, 0.15) is 6.42 Å². The molecule has 0 fully saturated rings. The fraction of sp³-hybridized carbons (Fsp3) is 0.200. The van der Waals surface area contributed by atoms with E-state index in [1.54, 1.807) is 6.07 Å². The molecular formula is C10H13FN2. The summed E-state index contributed by atoms with van der Waals surface area (Å²) in [6.07, 6.45) is 2.67. The lowest BCUT2D eigenvalue weighted by Gasteiger charge is -2.07. The molecule has 0 saturated heterocycles. The van der Waals surface area contributed by atoms with Crippen LogP contribution < -0.4 is 11.1 Å². The van der Waals surface area contributed by atoms with E-state index >= 15 is 0 Å². The molecule has 2 nitrogen and oxygen atoms in total. The third-order valence-corrected chi connectivity index (χ3v) is 1.68. The Balaban J connectivity index is 2.61. The first-order valence-corrected chi connectivity index (χ1v) is 4.14. The minimum absolute atomic E-state index is 0.313. The minimum atomic E-state index is -0.313. The van der Waals surface area contributed by atoms with E-state index in [9.17, 15) is 4.39 Å². The van der Waals surface area contributed by atoms with Gasteiger partial charge in [0.25, 0.3) is 0 Å². The number of nitrogen functional groups attached to an aromatic ring is 1. The fourth-order valence-electron chi connectivity index (χ4n) is 1.00. The van der Waals surface area contributed by atoms with Crippen LogP contribution in [0, 0.1) is 5.82 Å². The van der Waals surface area contributed by atoms with Gasteiger partial charge in [-0.1, -0.05) is 6.08 Å². The van der Waals surface area contributed by atoms with E-state index in [0.717, 1.165) is 18.7 Å². The van der Waals surface area contributed by atoms with Gasteiger partial charge in [0, 0.05) is 6.54 Å². The van der Waals surface area contributed by atoms with Gasteiger partial charge in [-0.15, -0.1) is 6.58 Å². The molecule has 13 heavy (non-hydrogen) atoms. The molecule has 0 unspecified atom stereocenters. The Morgan fingerprint density at radius 1 is 1.54 bits per heavy atom. The van der Waals surface area contributed by atoms with Gasteiger partial charge in [0.2, 0.25) is 0 Å². The molecular weight excluding hydrogens is 167 g/mol. The van der Waals surface area contributed by atoms with Gasteiger partial charge >= 0.3 is 0 Å². The maximum Gasteiger partial charge on any atom is 0.125 e. The van der Waals surface area contributed by atoms with Crippen molar-refractivity contribution in [1.29, 1.82) is 0 Å². The second kappa shape index (κ2) is 4.50. The molecule has 1 rings (SSSR count). The quantitative estimate of drug-likeness (QED) is 0.424. The molecule has 0 heterocycles. The summed E-state index contributed by atoms with van der Waals surface area (Å²) in [5, 5.41) is 3.08. The lowest BCUT2D eigenvalue weighted by molar-refractivity contribution is 0.628. The Morgan fingerprint density at radius 2 is 2.31 bits per heavy atom. The average molecular weight is 180 g/mol. The Morgan fingerprint density at radius 3 is 2.92 bits per heavy atom. The van der Waals surface area contributed by atoms with Crippen molar-refractivity contribution in [2.24, 2.45) is 0 Å². The summed E-state index contributed by atoms with van der Waals surface area (Å²) in [7, 11) is 0. The summed E-state index contributed by atoms with van der Waals surface area (Å²) in [6.45, 7) is 4.36. The van der Waals surface area contributed by atoms with Crippen molar-refractivity contribution < 1.29 is 4.39 Å². The Bertz CT molecular complexity index is 297. The Kier molecular flexibility index (Phi) is 3.31. The zero-order valence-electron chi connectivity index (χ0n) is 7.39. The van der Waals surface area contributed by atoms with Gasteiger partial charge in [0.1, 0.15) is 5.82 Å². The van der Waals surface area contributed by atoms with Gasteiger partial charge < -0.3 is 11.1 Å². The number of hydrogen-bond donors (Lipinski definition) is 2. The van der Waals surface area contributed by atoms with Crippen LogP contribution in [0.2, 0.25) is 0 Å². The van der Waals surface area contributed by atoms with Crippen LogP contribution in [-0.2, 0) is 0 Å². The topological polar surface area (TPSA) is 38.0 Å². The van der Waals surface area contributed by atoms with Crippen LogP contribution in [0.3, 0.4) is 0 Å². The summed E-state index contributed by atoms with van der Waals surface area (Å²) in [6, 6.07) is 4.32. The number of nitrogens with one attached hydrogen (secondary N) is 1. The highest BCUT2D eigenvalue weighted by Gasteiger charge is 1.98. The number of rotatable bonds is 4. The molecule has 0 aliphatic heterocycles. The third-order valence-electron chi connectivity index (χ3n) is 1.68. The van der Waals surface area contributed by atoms with E-state index < -0.39 is 0 Å². The van der Waals surface area contributed by atoms with Gasteiger partial charge in [-0.2, -0.15) is 0 Å². The molecule has 0 aliphatic carbocycles. The van der Waals surface area contributed by atoms with Gasteiger partial charge in [-0.3, -0.25) is 0 Å². The molecule has 0 aliphatic rings. The maximum atomic E-state index is 12.6. The first-order chi connectivity index (χ1) is 6.24. The van der Waals surface area contributed by atoms with Crippen LogP contribution in [0.5, 0.6) is 0 Å². The molecule has 0 radical (unpaired) electrons. The van der Waals surface area contributed by atoms with E-state index in [0.29, 0.717) is 5.69 Å². The lowest BCUT2D eigenvalue weighted by Crippen LogP contribution is -2.03. The largest absolute Gasteiger partial charge is 0.397 e. The SMILES string of the molecule is C=CCCNc1ccc(F)cc1N. The summed E-state index contributed by atoms with van der Waals surface area (Å²) >= 11 is 0. The van der Waals surface area contributed by atoms with Crippen molar-refractivity contribution in [3.8, 4) is 0 Å². The monoisotopic (exact) mass is 180 g/mol. The molecule has 3 N–H and O–H groups in total. The van der Waals surface area contributed by atoms with Gasteiger partial charge in [-0.25, -0.2) is 4.39 Å². The molecule has 0 amide bonds. The third kappa shape index (κ3) is 2.78. The highest BCUT2D eigenvalue weighted by atomic mass is 19.1. The molecule has 1 aromatic carbocycles. The van der Waals surface area contributed by atoms with E-state index in [2.05, 4.69) is 11.9 Å². The van der Waals surface area contributed by atoms with Crippen molar-refractivity contribution in [1.82, 2.24) is 0 Å². The van der Waals surface area contributed by atoms with Crippen LogP contribution >= 0.6 is 0 Å². The molecule has 0 atom stereocenters. The first-order valence-electron chi connectivity index (χ1n) is 4.14. The highest BCUT2D eigenvalue weighted by Crippen LogP contribution is 2.18. The number of nitrogens with two attached hydrogens (primary N) is 1. The number of anilines is 2. The lowest BCUT2D eigenvalue weighted by atomic mass is 10.2. The second-order valence-electron chi connectivity index (χ2n) is 2.74. The smallest absolute Gasteiger partial charge is 0.125 e. The fourth-order valence-corrected chi connectivity index (χ4v) is 1.00. The molecule has 0 saturated carbocycles. The summed E-state index contributed by atoms with van der Waals surface area (Å²) in [5.41, 5.74) is 6.78. The van der Waals surface area contributed by atoms with Crippen LogP contribution in [0.4, 0.5) is 15.8 Å². The van der Waals surface area contributed by atoms with Crippen molar-refractivity contribution in [2.75, 3.05) is 17.6 Å². The summed E-state index contributed by atoms with van der Waals surface area (Å²) in [5.74, 6) is -0.313. The van der Waals surface area contributed by atoms with Crippen LogP contribution in [0.15, 0.2) is 30.9 Å². The van der Waals surface area contributed by atoms with E-state index in [-0.39, 0.29) is 5.82 Å². The molecule has 1 aromatic rings. The Labute approximate surface area is 77.3 Å². The van der Waals surface area contributed by atoms with E-state index in [4.69, 9.17) is 5.73 Å². The predicted molar refractivity (Wildman–Crippen MR) is 54.1 cm³/mol. The average Bonchev–Trinajstić information content (AvgIpc) is 2.09. The van der Waals surface area contributed by atoms with Gasteiger partial charge in [0.15, 0.2) is 0 Å². The molecule has 3 heteroatoms. The standard InChI is InChI=1S/C10H13FN2/c1-2-3-6-13-10-5-4-8(11)7-9(10)12/h2,4-5,7,13H,1,3,6,12H2. The summed E-state index contributed by atoms with van der Waals surface area (Å²) in [4.78, 5) is 0. The van der Waals surface area contributed by atoms with Crippen LogP contribution in [-0.4, -0.2) is 6.54 Å². The second-order valence-corrected chi connectivity index (χ2v) is 2.74. The molecule has 0 bridgehead atoms. The normalized spacial score (nSPS) is 9.62. The maximum absolute atomic E-state index is 12.6. The van der Waals surface area contributed by atoms with Crippen molar-refractivity contribution in [3.63, 3.8) is 0 Å². The Hall–Kier alpha value is -1.51. The number of halogens is 1. The molecule has 0 aromatic heterocycles. The minimum Gasteiger partial charge on any atom is -0.397 e. The number of hydrogen-bond acceptors (Lipinski definition) is 2. The number of benzene rings is 1. The van der Waals surface area contributed by atoms with Gasteiger partial charge in [-0.05, 0) is 24.6 Å². The van der Waals surface area contributed by atoms with E-state index in [1.807, 2.05) is 6.08 Å². The van der Waals surface area contributed by atoms with Gasteiger partial charge in [0.05, 0.1) is 11.4 Å². The first kappa shape index (κ1) is 9.58.